The fraction of sp³-hybridized carbons (Fsp3) is 0.622. The number of carbonyl (C=O) groups excluding carboxylic acids is 3. The Labute approximate surface area is 312 Å². The van der Waals surface area contributed by atoms with Gasteiger partial charge >= 0.3 is 17.9 Å². The van der Waals surface area contributed by atoms with Crippen molar-refractivity contribution in [2.75, 3.05) is 13.2 Å². The van der Waals surface area contributed by atoms with E-state index in [4.69, 9.17) is 14.2 Å². The molecule has 0 N–H and O–H groups in total. The van der Waals surface area contributed by atoms with Gasteiger partial charge in [-0.2, -0.15) is 0 Å². The molecule has 0 saturated heterocycles. The minimum absolute atomic E-state index is 0.114. The molecule has 1 unspecified atom stereocenters. The van der Waals surface area contributed by atoms with Crippen LogP contribution in [0, 0.1) is 0 Å². The Kier molecular flexibility index (Phi) is 36.7. The van der Waals surface area contributed by atoms with Crippen LogP contribution in [0.3, 0.4) is 0 Å². The lowest BCUT2D eigenvalue weighted by molar-refractivity contribution is -0.167. The van der Waals surface area contributed by atoms with E-state index >= 15 is 0 Å². The van der Waals surface area contributed by atoms with Crippen LogP contribution in [0.25, 0.3) is 0 Å². The molecule has 0 saturated carbocycles. The topological polar surface area (TPSA) is 78.9 Å². The number of rotatable bonds is 34. The van der Waals surface area contributed by atoms with Gasteiger partial charge in [0.15, 0.2) is 6.10 Å². The molecule has 0 fully saturated rings. The van der Waals surface area contributed by atoms with Gasteiger partial charge in [0.1, 0.15) is 13.2 Å². The summed E-state index contributed by atoms with van der Waals surface area (Å²) in [5.41, 5.74) is 0. The van der Waals surface area contributed by atoms with Crippen LogP contribution in [-0.4, -0.2) is 37.2 Å². The molecule has 0 heterocycles. The minimum Gasteiger partial charge on any atom is -0.462 e. The predicted molar refractivity (Wildman–Crippen MR) is 214 cm³/mol. The largest absolute Gasteiger partial charge is 0.462 e. The predicted octanol–water partition coefficient (Wildman–Crippen LogP) is 12.5. The molecule has 51 heavy (non-hydrogen) atoms. The minimum atomic E-state index is -0.808. The summed E-state index contributed by atoms with van der Waals surface area (Å²) < 4.78 is 16.5. The number of esters is 3. The van der Waals surface area contributed by atoms with E-state index < -0.39 is 6.10 Å². The Morgan fingerprint density at radius 2 is 0.706 bits per heavy atom. The van der Waals surface area contributed by atoms with Gasteiger partial charge in [0.2, 0.25) is 0 Å². The summed E-state index contributed by atoms with van der Waals surface area (Å²) >= 11 is 0. The zero-order chi connectivity index (χ0) is 37.3. The van der Waals surface area contributed by atoms with E-state index in [9.17, 15) is 14.4 Å². The lowest BCUT2D eigenvalue weighted by atomic mass is 10.1. The Morgan fingerprint density at radius 1 is 0.392 bits per heavy atom. The molecule has 288 valence electrons. The Hall–Kier alpha value is -3.41. The first kappa shape index (κ1) is 47.6. The molecule has 0 aliphatic heterocycles. The van der Waals surface area contributed by atoms with Crippen molar-refractivity contribution in [1.82, 2.24) is 0 Å². The van der Waals surface area contributed by atoms with E-state index in [1.165, 1.54) is 0 Å². The zero-order valence-electron chi connectivity index (χ0n) is 32.6. The molecule has 0 aromatic heterocycles. The van der Waals surface area contributed by atoms with Crippen LogP contribution in [0.15, 0.2) is 85.1 Å². The molecule has 0 spiro atoms. The highest BCUT2D eigenvalue weighted by Gasteiger charge is 2.19. The van der Waals surface area contributed by atoms with Crippen molar-refractivity contribution in [2.45, 2.75) is 168 Å². The van der Waals surface area contributed by atoms with Crippen molar-refractivity contribution in [1.29, 1.82) is 0 Å². The second kappa shape index (κ2) is 39.4. The molecule has 1 atom stereocenters. The summed E-state index contributed by atoms with van der Waals surface area (Å²) in [7, 11) is 0. The molecule has 6 heteroatoms. The Balaban J connectivity index is 4.51. The monoisotopic (exact) mass is 709 g/mol. The summed E-state index contributed by atoms with van der Waals surface area (Å²) in [6.45, 7) is 6.16. The van der Waals surface area contributed by atoms with Gasteiger partial charge in [-0.3, -0.25) is 14.4 Å². The zero-order valence-corrected chi connectivity index (χ0v) is 32.6. The average Bonchev–Trinajstić information content (AvgIpc) is 3.12. The van der Waals surface area contributed by atoms with E-state index in [0.717, 1.165) is 122 Å². The van der Waals surface area contributed by atoms with Crippen LogP contribution in [0.5, 0.6) is 0 Å². The van der Waals surface area contributed by atoms with Gasteiger partial charge in [-0.1, -0.05) is 125 Å². The molecule has 0 aliphatic rings. The van der Waals surface area contributed by atoms with Gasteiger partial charge in [0, 0.05) is 19.3 Å². The molecular formula is C45H72O6. The second-order valence-electron chi connectivity index (χ2n) is 12.7. The highest BCUT2D eigenvalue weighted by Crippen LogP contribution is 2.11. The van der Waals surface area contributed by atoms with E-state index in [2.05, 4.69) is 106 Å². The lowest BCUT2D eigenvalue weighted by Crippen LogP contribution is -2.30. The van der Waals surface area contributed by atoms with Crippen LogP contribution >= 0.6 is 0 Å². The maximum Gasteiger partial charge on any atom is 0.306 e. The number of hydrogen-bond acceptors (Lipinski definition) is 6. The van der Waals surface area contributed by atoms with Crippen molar-refractivity contribution >= 4 is 17.9 Å². The molecule has 0 rings (SSSR count). The average molecular weight is 709 g/mol. The van der Waals surface area contributed by atoms with Gasteiger partial charge in [-0.25, -0.2) is 0 Å². The van der Waals surface area contributed by atoms with Crippen LogP contribution in [0.4, 0.5) is 0 Å². The van der Waals surface area contributed by atoms with E-state index in [1.54, 1.807) is 0 Å². The number of carbonyl (C=O) groups is 3. The SMILES string of the molecule is CC/C=C\C/C=C\C/C=C\CCCCC(=O)OCC(COC(=O)CCCC/C=C\C/C=C\CC)OC(=O)CCCCCCC/C=C\C/C=C\CC. The summed E-state index contributed by atoms with van der Waals surface area (Å²) in [6.07, 6.45) is 48.7. The maximum absolute atomic E-state index is 12.6. The fourth-order valence-electron chi connectivity index (χ4n) is 4.94. The van der Waals surface area contributed by atoms with Gasteiger partial charge in [0.25, 0.3) is 0 Å². The summed E-state index contributed by atoms with van der Waals surface area (Å²) in [6, 6.07) is 0. The third-order valence-electron chi connectivity index (χ3n) is 7.88. The molecule has 0 aliphatic carbocycles. The highest BCUT2D eigenvalue weighted by atomic mass is 16.6. The molecule has 0 amide bonds. The van der Waals surface area contributed by atoms with Crippen molar-refractivity contribution in [3.05, 3.63) is 85.1 Å². The summed E-state index contributed by atoms with van der Waals surface area (Å²) in [4.78, 5) is 37.5. The lowest BCUT2D eigenvalue weighted by Gasteiger charge is -2.18. The van der Waals surface area contributed by atoms with Crippen molar-refractivity contribution in [3.63, 3.8) is 0 Å². The van der Waals surface area contributed by atoms with Crippen LogP contribution in [0.1, 0.15) is 162 Å². The smallest absolute Gasteiger partial charge is 0.306 e. The molecule has 0 radical (unpaired) electrons. The third-order valence-corrected chi connectivity index (χ3v) is 7.88. The number of ether oxygens (including phenoxy) is 3. The van der Waals surface area contributed by atoms with E-state index in [0.29, 0.717) is 19.3 Å². The fourth-order valence-corrected chi connectivity index (χ4v) is 4.94. The van der Waals surface area contributed by atoms with Crippen LogP contribution in [-0.2, 0) is 28.6 Å². The molecule has 0 bridgehead atoms. The quantitative estimate of drug-likeness (QED) is 0.0286. The van der Waals surface area contributed by atoms with Crippen molar-refractivity contribution < 1.29 is 28.6 Å². The Morgan fingerprint density at radius 3 is 1.14 bits per heavy atom. The first-order valence-corrected chi connectivity index (χ1v) is 20.1. The first-order chi connectivity index (χ1) is 25.0. The number of hydrogen-bond donors (Lipinski definition) is 0. The van der Waals surface area contributed by atoms with Gasteiger partial charge in [-0.05, 0) is 103 Å². The second-order valence-corrected chi connectivity index (χ2v) is 12.7. The van der Waals surface area contributed by atoms with Gasteiger partial charge in [0.05, 0.1) is 0 Å². The maximum atomic E-state index is 12.6. The molecule has 0 aromatic rings. The summed E-state index contributed by atoms with van der Waals surface area (Å²) in [5, 5.41) is 0. The highest BCUT2D eigenvalue weighted by molar-refractivity contribution is 5.71. The Bertz CT molecular complexity index is 1040. The van der Waals surface area contributed by atoms with E-state index in [-0.39, 0.29) is 31.1 Å². The van der Waals surface area contributed by atoms with Gasteiger partial charge in [-0.15, -0.1) is 0 Å². The number of allylic oxidation sites excluding steroid dienone is 14. The summed E-state index contributed by atoms with van der Waals surface area (Å²) in [5.74, 6) is -1.02. The molecule has 6 nitrogen and oxygen atoms in total. The molecular weight excluding hydrogens is 636 g/mol. The van der Waals surface area contributed by atoms with Crippen molar-refractivity contribution in [3.8, 4) is 0 Å². The van der Waals surface area contributed by atoms with Gasteiger partial charge < -0.3 is 14.2 Å². The standard InChI is InChI=1S/C45H72O6/c1-4-7-10-13-16-19-21-23-26-29-32-35-38-44(47)50-41-42(40-49-43(46)37-34-31-28-25-18-15-12-9-6-3)51-45(48)39-36-33-30-27-24-22-20-17-14-11-8-5-2/h7-12,16-20,23,25-26,42H,4-6,13-15,21-22,24,27-41H2,1-3H3/b10-7-,11-8-,12-9-,19-16-,20-17-,25-18-,26-23-. The van der Waals surface area contributed by atoms with Crippen molar-refractivity contribution in [2.24, 2.45) is 0 Å². The molecule has 0 aromatic carbocycles. The van der Waals surface area contributed by atoms with Crippen LogP contribution < -0.4 is 0 Å². The normalized spacial score (nSPS) is 12.9. The number of unbranched alkanes of at least 4 members (excludes halogenated alkanes) is 9. The third kappa shape index (κ3) is 37.7. The van der Waals surface area contributed by atoms with E-state index in [1.807, 2.05) is 0 Å². The van der Waals surface area contributed by atoms with Crippen LogP contribution in [0.2, 0.25) is 0 Å². The first-order valence-electron chi connectivity index (χ1n) is 20.1.